The molecule has 172 valence electrons. The van der Waals surface area contributed by atoms with Gasteiger partial charge in [-0.25, -0.2) is 9.78 Å². The maximum atomic E-state index is 13.3. The lowest BCUT2D eigenvalue weighted by Crippen LogP contribution is -2.58. The van der Waals surface area contributed by atoms with Gasteiger partial charge in [-0.2, -0.15) is 5.10 Å². The minimum absolute atomic E-state index is 0.0506. The Labute approximate surface area is 196 Å². The van der Waals surface area contributed by atoms with Gasteiger partial charge in [0.05, 0.1) is 17.2 Å². The van der Waals surface area contributed by atoms with Gasteiger partial charge >= 0.3 is 6.09 Å². The van der Waals surface area contributed by atoms with Crippen molar-refractivity contribution in [2.45, 2.75) is 44.4 Å². The zero-order valence-corrected chi connectivity index (χ0v) is 19.8. The number of benzene rings is 1. The van der Waals surface area contributed by atoms with Crippen LogP contribution < -0.4 is 0 Å². The van der Waals surface area contributed by atoms with Crippen LogP contribution in [0.4, 0.5) is 4.79 Å². The molecule has 1 spiro atoms. The molecule has 4 heterocycles. The standard InChI is InChI=1S/C24H27N5O3S/c1-17-26-19(16-33-17)15-29-22(31)32-24(23(29,2)18-7-5-4-6-8-18)10-13-28(14-11-24)21(30)20-9-12-25-27(20)3/h4-9,12,16H,10-11,13-15H2,1-3H3. The van der Waals surface area contributed by atoms with Crippen LogP contribution in [0.25, 0.3) is 0 Å². The Morgan fingerprint density at radius 2 is 1.91 bits per heavy atom. The van der Waals surface area contributed by atoms with Crippen LogP contribution in [0.15, 0.2) is 48.0 Å². The lowest BCUT2D eigenvalue weighted by Gasteiger charge is -2.48. The van der Waals surface area contributed by atoms with E-state index in [4.69, 9.17) is 4.74 Å². The van der Waals surface area contributed by atoms with Gasteiger partial charge in [0.2, 0.25) is 0 Å². The highest BCUT2D eigenvalue weighted by atomic mass is 32.1. The Kier molecular flexibility index (Phi) is 5.23. The number of aryl methyl sites for hydroxylation is 2. The molecule has 0 saturated carbocycles. The summed E-state index contributed by atoms with van der Waals surface area (Å²) in [6, 6.07) is 11.8. The predicted molar refractivity (Wildman–Crippen MR) is 124 cm³/mol. The first-order valence-corrected chi connectivity index (χ1v) is 12.0. The third-order valence-corrected chi connectivity index (χ3v) is 7.97. The summed E-state index contributed by atoms with van der Waals surface area (Å²) in [4.78, 5) is 34.5. The van der Waals surface area contributed by atoms with E-state index >= 15 is 0 Å². The van der Waals surface area contributed by atoms with Crippen molar-refractivity contribution in [2.75, 3.05) is 13.1 Å². The Bertz CT molecular complexity index is 1180. The summed E-state index contributed by atoms with van der Waals surface area (Å²) >= 11 is 1.57. The molecule has 1 aromatic carbocycles. The van der Waals surface area contributed by atoms with Crippen LogP contribution >= 0.6 is 11.3 Å². The second-order valence-electron chi connectivity index (χ2n) is 8.88. The van der Waals surface area contributed by atoms with Gasteiger partial charge in [0, 0.05) is 44.6 Å². The number of amides is 2. The third kappa shape index (κ3) is 3.42. The molecule has 0 N–H and O–H groups in total. The molecule has 1 unspecified atom stereocenters. The van der Waals surface area contributed by atoms with Crippen LogP contribution in [0.5, 0.6) is 0 Å². The number of carbonyl (C=O) groups excluding carboxylic acids is 2. The molecule has 0 bridgehead atoms. The number of piperidine rings is 1. The quantitative estimate of drug-likeness (QED) is 0.587. The summed E-state index contributed by atoms with van der Waals surface area (Å²) in [6.07, 6.45) is 2.40. The van der Waals surface area contributed by atoms with Crippen LogP contribution in [0.1, 0.15) is 46.5 Å². The first kappa shape index (κ1) is 21.6. The number of carbonyl (C=O) groups is 2. The van der Waals surface area contributed by atoms with E-state index in [1.165, 1.54) is 0 Å². The number of ether oxygens (including phenoxy) is 1. The fraction of sp³-hybridized carbons (Fsp3) is 0.417. The predicted octanol–water partition coefficient (Wildman–Crippen LogP) is 3.73. The second-order valence-corrected chi connectivity index (χ2v) is 9.94. The molecule has 3 aromatic rings. The van der Waals surface area contributed by atoms with E-state index in [-0.39, 0.29) is 12.0 Å². The number of hydrogen-bond acceptors (Lipinski definition) is 6. The molecule has 8 nitrogen and oxygen atoms in total. The zero-order chi connectivity index (χ0) is 23.2. The van der Waals surface area contributed by atoms with Crippen molar-refractivity contribution in [2.24, 2.45) is 7.05 Å². The van der Waals surface area contributed by atoms with Crippen molar-refractivity contribution in [3.63, 3.8) is 0 Å². The van der Waals surface area contributed by atoms with Crippen molar-refractivity contribution >= 4 is 23.3 Å². The molecule has 1 atom stereocenters. The number of rotatable bonds is 4. The van der Waals surface area contributed by atoms with Crippen molar-refractivity contribution in [1.82, 2.24) is 24.6 Å². The van der Waals surface area contributed by atoms with Crippen LogP contribution in [-0.2, 0) is 23.9 Å². The molecular formula is C24H27N5O3S. The van der Waals surface area contributed by atoms with E-state index < -0.39 is 11.1 Å². The number of hydrogen-bond donors (Lipinski definition) is 0. The van der Waals surface area contributed by atoms with Gasteiger partial charge in [-0.15, -0.1) is 11.3 Å². The summed E-state index contributed by atoms with van der Waals surface area (Å²) in [7, 11) is 1.77. The molecule has 0 radical (unpaired) electrons. The average Bonchev–Trinajstić information content (AvgIpc) is 3.49. The Balaban J connectivity index is 1.47. The van der Waals surface area contributed by atoms with Gasteiger partial charge in [-0.05, 0) is 25.5 Å². The first-order valence-electron chi connectivity index (χ1n) is 11.1. The number of thiazole rings is 1. The minimum Gasteiger partial charge on any atom is -0.440 e. The lowest BCUT2D eigenvalue weighted by molar-refractivity contribution is -0.0553. The fourth-order valence-electron chi connectivity index (χ4n) is 5.20. The average molecular weight is 466 g/mol. The van der Waals surface area contributed by atoms with Crippen LogP contribution in [-0.4, -0.2) is 55.3 Å². The van der Waals surface area contributed by atoms with Crippen LogP contribution in [0.3, 0.4) is 0 Å². The Morgan fingerprint density at radius 1 is 1.18 bits per heavy atom. The normalized spacial score (nSPS) is 22.1. The topological polar surface area (TPSA) is 80.6 Å². The molecule has 0 aliphatic carbocycles. The van der Waals surface area contributed by atoms with Crippen LogP contribution in [0, 0.1) is 6.92 Å². The van der Waals surface area contributed by atoms with Gasteiger partial charge in [-0.1, -0.05) is 30.3 Å². The van der Waals surface area contributed by atoms with Gasteiger partial charge in [0.25, 0.3) is 5.91 Å². The minimum atomic E-state index is -0.736. The molecule has 2 amide bonds. The maximum Gasteiger partial charge on any atom is 0.411 e. The van der Waals surface area contributed by atoms with E-state index in [1.807, 2.05) is 40.3 Å². The molecule has 33 heavy (non-hydrogen) atoms. The molecule has 9 heteroatoms. The largest absolute Gasteiger partial charge is 0.440 e. The summed E-state index contributed by atoms with van der Waals surface area (Å²) in [5, 5.41) is 7.08. The van der Waals surface area contributed by atoms with E-state index in [2.05, 4.69) is 29.1 Å². The van der Waals surface area contributed by atoms with E-state index in [0.717, 1.165) is 16.3 Å². The van der Waals surface area contributed by atoms with Crippen molar-refractivity contribution < 1.29 is 14.3 Å². The lowest BCUT2D eigenvalue weighted by atomic mass is 9.70. The highest BCUT2D eigenvalue weighted by Gasteiger charge is 2.64. The SMILES string of the molecule is Cc1nc(CN2C(=O)OC3(CCN(C(=O)c4ccnn4C)CC3)C2(C)c2ccccc2)cs1. The van der Waals surface area contributed by atoms with Gasteiger partial charge in [0.15, 0.2) is 0 Å². The Hall–Kier alpha value is -3.20. The molecule has 2 aromatic heterocycles. The van der Waals surface area contributed by atoms with Crippen molar-refractivity contribution in [3.8, 4) is 0 Å². The first-order chi connectivity index (χ1) is 15.8. The van der Waals surface area contributed by atoms with Gasteiger partial charge in [0.1, 0.15) is 16.8 Å². The molecule has 2 aliphatic rings. The summed E-state index contributed by atoms with van der Waals surface area (Å²) < 4.78 is 7.79. The zero-order valence-electron chi connectivity index (χ0n) is 19.0. The van der Waals surface area contributed by atoms with Crippen LogP contribution in [0.2, 0.25) is 0 Å². The van der Waals surface area contributed by atoms with E-state index in [1.54, 1.807) is 35.3 Å². The van der Waals surface area contributed by atoms with Crippen molar-refractivity contribution in [3.05, 3.63) is 69.9 Å². The highest BCUT2D eigenvalue weighted by Crippen LogP contribution is 2.52. The molecule has 2 fully saturated rings. The summed E-state index contributed by atoms with van der Waals surface area (Å²) in [5.41, 5.74) is 1.01. The maximum absolute atomic E-state index is 13.3. The van der Waals surface area contributed by atoms with Gasteiger partial charge in [-0.3, -0.25) is 14.4 Å². The molecule has 2 aliphatic heterocycles. The van der Waals surface area contributed by atoms with Crippen molar-refractivity contribution in [1.29, 1.82) is 0 Å². The number of aromatic nitrogens is 3. The molecule has 5 rings (SSSR count). The molecule has 2 saturated heterocycles. The smallest absolute Gasteiger partial charge is 0.411 e. The number of nitrogens with zero attached hydrogens (tertiary/aromatic N) is 5. The fourth-order valence-corrected chi connectivity index (χ4v) is 5.81. The summed E-state index contributed by atoms with van der Waals surface area (Å²) in [5.74, 6) is -0.0506. The third-order valence-electron chi connectivity index (χ3n) is 7.15. The Morgan fingerprint density at radius 3 is 2.52 bits per heavy atom. The molecular weight excluding hydrogens is 438 g/mol. The van der Waals surface area contributed by atoms with E-state index in [0.29, 0.717) is 38.2 Å². The second kappa shape index (κ2) is 7.98. The monoisotopic (exact) mass is 465 g/mol. The number of likely N-dealkylation sites (tertiary alicyclic amines) is 1. The van der Waals surface area contributed by atoms with E-state index in [9.17, 15) is 9.59 Å². The summed E-state index contributed by atoms with van der Waals surface area (Å²) in [6.45, 7) is 5.44. The van der Waals surface area contributed by atoms with Gasteiger partial charge < -0.3 is 9.64 Å². The highest BCUT2D eigenvalue weighted by molar-refractivity contribution is 7.09.